The van der Waals surface area contributed by atoms with Crippen molar-refractivity contribution in [1.29, 1.82) is 5.26 Å². The van der Waals surface area contributed by atoms with Crippen molar-refractivity contribution in [3.8, 4) is 17.2 Å². The summed E-state index contributed by atoms with van der Waals surface area (Å²) in [6.45, 7) is 3.05. The van der Waals surface area contributed by atoms with E-state index in [1.54, 1.807) is 24.1 Å². The zero-order chi connectivity index (χ0) is 24.9. The number of hydrogen-bond acceptors (Lipinski definition) is 6. The second kappa shape index (κ2) is 10.5. The van der Waals surface area contributed by atoms with Crippen LogP contribution >= 0.6 is 0 Å². The standard InChI is InChI=1S/C24H24F4N6/c1-3-34(20(14-29)17-5-4-6-18(13-17)24(26,27)28)12-11-33(2)23-21(22(30)31-15-32-23)16-7-9-19(25)10-8-16/h4-10,13,15,20H,3,11-12H2,1-2H3,(H2,30,31,32). The van der Waals surface area contributed by atoms with Crippen LogP contribution in [0.4, 0.5) is 29.2 Å². The molecule has 0 aliphatic carbocycles. The van der Waals surface area contributed by atoms with E-state index in [0.717, 1.165) is 12.1 Å². The molecule has 0 amide bonds. The van der Waals surface area contributed by atoms with Gasteiger partial charge < -0.3 is 10.6 Å². The fraction of sp³-hybridized carbons (Fsp3) is 0.292. The first kappa shape index (κ1) is 24.9. The largest absolute Gasteiger partial charge is 0.416 e. The van der Waals surface area contributed by atoms with Crippen LogP contribution in [0.1, 0.15) is 24.1 Å². The van der Waals surface area contributed by atoms with E-state index < -0.39 is 17.8 Å². The molecule has 178 valence electrons. The maximum Gasteiger partial charge on any atom is 0.416 e. The maximum atomic E-state index is 13.4. The number of anilines is 2. The summed E-state index contributed by atoms with van der Waals surface area (Å²) < 4.78 is 52.8. The van der Waals surface area contributed by atoms with Crippen molar-refractivity contribution in [2.75, 3.05) is 37.3 Å². The molecule has 10 heteroatoms. The molecule has 1 heterocycles. The van der Waals surface area contributed by atoms with E-state index in [4.69, 9.17) is 5.73 Å². The van der Waals surface area contributed by atoms with Gasteiger partial charge in [-0.15, -0.1) is 0 Å². The molecule has 0 aliphatic heterocycles. The van der Waals surface area contributed by atoms with Crippen molar-refractivity contribution in [3.63, 3.8) is 0 Å². The summed E-state index contributed by atoms with van der Waals surface area (Å²) in [4.78, 5) is 12.0. The van der Waals surface area contributed by atoms with E-state index >= 15 is 0 Å². The normalized spacial score (nSPS) is 12.4. The van der Waals surface area contributed by atoms with E-state index in [-0.39, 0.29) is 17.2 Å². The van der Waals surface area contributed by atoms with Gasteiger partial charge in [0.2, 0.25) is 0 Å². The van der Waals surface area contributed by atoms with Gasteiger partial charge >= 0.3 is 6.18 Å². The van der Waals surface area contributed by atoms with Crippen molar-refractivity contribution in [3.05, 3.63) is 71.8 Å². The second-order valence-corrected chi connectivity index (χ2v) is 7.67. The van der Waals surface area contributed by atoms with Gasteiger partial charge in [-0.05, 0) is 41.9 Å². The lowest BCUT2D eigenvalue weighted by Crippen LogP contribution is -2.36. The van der Waals surface area contributed by atoms with Crippen LogP contribution in [0.2, 0.25) is 0 Å². The summed E-state index contributed by atoms with van der Waals surface area (Å²) in [7, 11) is 1.79. The molecule has 1 atom stereocenters. The number of rotatable bonds is 8. The highest BCUT2D eigenvalue weighted by molar-refractivity contribution is 5.83. The lowest BCUT2D eigenvalue weighted by molar-refractivity contribution is -0.137. The van der Waals surface area contributed by atoms with E-state index in [0.29, 0.717) is 36.6 Å². The zero-order valence-electron chi connectivity index (χ0n) is 18.7. The van der Waals surface area contributed by atoms with Crippen LogP contribution in [0.15, 0.2) is 54.9 Å². The predicted octanol–water partition coefficient (Wildman–Crippen LogP) is 4.91. The highest BCUT2D eigenvalue weighted by Crippen LogP contribution is 2.33. The van der Waals surface area contributed by atoms with Gasteiger partial charge in [0.1, 0.15) is 29.8 Å². The minimum atomic E-state index is -4.49. The SMILES string of the molecule is CCN(CCN(C)c1ncnc(N)c1-c1ccc(F)cc1)C(C#N)c1cccc(C(F)(F)F)c1. The van der Waals surface area contributed by atoms with Gasteiger partial charge in [0.25, 0.3) is 0 Å². The Morgan fingerprint density at radius 3 is 2.41 bits per heavy atom. The average Bonchev–Trinajstić information content (AvgIpc) is 2.81. The van der Waals surface area contributed by atoms with Crippen molar-refractivity contribution >= 4 is 11.6 Å². The van der Waals surface area contributed by atoms with Gasteiger partial charge in [-0.3, -0.25) is 4.90 Å². The predicted molar refractivity (Wildman–Crippen MR) is 122 cm³/mol. The van der Waals surface area contributed by atoms with Crippen molar-refractivity contribution in [2.45, 2.75) is 19.1 Å². The number of likely N-dealkylation sites (N-methyl/N-ethyl adjacent to an activating group) is 2. The van der Waals surface area contributed by atoms with Gasteiger partial charge in [-0.2, -0.15) is 18.4 Å². The lowest BCUT2D eigenvalue weighted by atomic mass is 10.0. The van der Waals surface area contributed by atoms with E-state index in [9.17, 15) is 22.8 Å². The molecule has 0 bridgehead atoms. The molecule has 1 unspecified atom stereocenters. The maximum absolute atomic E-state index is 13.4. The van der Waals surface area contributed by atoms with Crippen LogP contribution in [0.3, 0.4) is 0 Å². The smallest absolute Gasteiger partial charge is 0.383 e. The Morgan fingerprint density at radius 2 is 1.79 bits per heavy atom. The summed E-state index contributed by atoms with van der Waals surface area (Å²) in [5.74, 6) is 0.363. The molecule has 3 rings (SSSR count). The fourth-order valence-corrected chi connectivity index (χ4v) is 3.68. The topological polar surface area (TPSA) is 82.1 Å². The minimum absolute atomic E-state index is 0.231. The van der Waals surface area contributed by atoms with Crippen LogP contribution in [-0.2, 0) is 6.18 Å². The number of alkyl halides is 3. The first-order valence-electron chi connectivity index (χ1n) is 10.5. The summed E-state index contributed by atoms with van der Waals surface area (Å²) >= 11 is 0. The Balaban J connectivity index is 1.82. The summed E-state index contributed by atoms with van der Waals surface area (Å²) in [5, 5.41) is 9.75. The van der Waals surface area contributed by atoms with Crippen molar-refractivity contribution < 1.29 is 17.6 Å². The number of nitrogens with zero attached hydrogens (tertiary/aromatic N) is 5. The lowest BCUT2D eigenvalue weighted by Gasteiger charge is -2.29. The zero-order valence-corrected chi connectivity index (χ0v) is 18.7. The van der Waals surface area contributed by atoms with Gasteiger partial charge in [-0.25, -0.2) is 14.4 Å². The molecule has 0 saturated heterocycles. The van der Waals surface area contributed by atoms with Crippen LogP contribution in [0, 0.1) is 17.1 Å². The van der Waals surface area contributed by atoms with Crippen LogP contribution in [0.25, 0.3) is 11.1 Å². The Labute approximate surface area is 195 Å². The monoisotopic (exact) mass is 472 g/mol. The van der Waals surface area contributed by atoms with Gasteiger partial charge in [0.15, 0.2) is 0 Å². The van der Waals surface area contributed by atoms with E-state index in [2.05, 4.69) is 16.0 Å². The van der Waals surface area contributed by atoms with Gasteiger partial charge in [-0.1, -0.05) is 31.2 Å². The molecule has 2 aromatic carbocycles. The van der Waals surface area contributed by atoms with Crippen LogP contribution in [-0.4, -0.2) is 41.5 Å². The number of aromatic nitrogens is 2. The number of halogens is 4. The Kier molecular flexibility index (Phi) is 7.68. The number of benzene rings is 2. The van der Waals surface area contributed by atoms with Gasteiger partial charge in [0.05, 0.1) is 17.2 Å². The molecule has 0 saturated carbocycles. The third-order valence-corrected chi connectivity index (χ3v) is 5.50. The Bertz CT molecular complexity index is 1160. The number of nitrogen functional groups attached to an aromatic ring is 1. The molecule has 2 N–H and O–H groups in total. The molecule has 0 radical (unpaired) electrons. The third kappa shape index (κ3) is 5.61. The van der Waals surface area contributed by atoms with Crippen molar-refractivity contribution in [1.82, 2.24) is 14.9 Å². The molecule has 0 fully saturated rings. The summed E-state index contributed by atoms with van der Waals surface area (Å²) in [6.07, 6.45) is -3.16. The third-order valence-electron chi connectivity index (χ3n) is 5.50. The minimum Gasteiger partial charge on any atom is -0.383 e. The number of nitrogens with two attached hydrogens (primary N) is 1. The number of nitriles is 1. The first-order valence-corrected chi connectivity index (χ1v) is 10.5. The molecule has 0 spiro atoms. The Morgan fingerprint density at radius 1 is 1.09 bits per heavy atom. The highest BCUT2D eigenvalue weighted by Gasteiger charge is 2.31. The average molecular weight is 472 g/mol. The molecule has 3 aromatic rings. The van der Waals surface area contributed by atoms with Crippen LogP contribution < -0.4 is 10.6 Å². The Hall–Kier alpha value is -3.71. The van der Waals surface area contributed by atoms with Crippen LogP contribution in [0.5, 0.6) is 0 Å². The van der Waals surface area contributed by atoms with Crippen molar-refractivity contribution in [2.24, 2.45) is 0 Å². The molecular weight excluding hydrogens is 448 g/mol. The quantitative estimate of drug-likeness (QED) is 0.470. The highest BCUT2D eigenvalue weighted by atomic mass is 19.4. The number of hydrogen-bond donors (Lipinski definition) is 1. The second-order valence-electron chi connectivity index (χ2n) is 7.67. The molecule has 34 heavy (non-hydrogen) atoms. The molecule has 1 aromatic heterocycles. The molecule has 6 nitrogen and oxygen atoms in total. The molecular formula is C24H24F4N6. The van der Waals surface area contributed by atoms with Gasteiger partial charge in [0, 0.05) is 20.1 Å². The van der Waals surface area contributed by atoms with E-state index in [1.165, 1.54) is 30.6 Å². The van der Waals surface area contributed by atoms with E-state index in [1.807, 2.05) is 11.8 Å². The first-order chi connectivity index (χ1) is 16.2. The summed E-state index contributed by atoms with van der Waals surface area (Å²) in [6, 6.07) is 11.9. The molecule has 0 aliphatic rings. The fourth-order valence-electron chi connectivity index (χ4n) is 3.68. The summed E-state index contributed by atoms with van der Waals surface area (Å²) in [5.41, 5.74) is 6.76.